The summed E-state index contributed by atoms with van der Waals surface area (Å²) in [5.74, 6) is 0.179. The lowest BCUT2D eigenvalue weighted by atomic mass is 9.95. The molecule has 8 heteroatoms. The summed E-state index contributed by atoms with van der Waals surface area (Å²) in [7, 11) is 1.90. The Balaban J connectivity index is 1.66. The molecule has 1 fully saturated rings. The molecule has 1 aromatic rings. The maximum Gasteiger partial charge on any atom is 0.157 e. The lowest BCUT2D eigenvalue weighted by Crippen LogP contribution is -2.63. The maximum atomic E-state index is 15.6. The first-order valence-corrected chi connectivity index (χ1v) is 10.0. The third kappa shape index (κ3) is 4.00. The van der Waals surface area contributed by atoms with Gasteiger partial charge in [-0.3, -0.25) is 10.6 Å². The number of nitrogens with one attached hydrogen (secondary N) is 5. The van der Waals surface area contributed by atoms with Gasteiger partial charge in [-0.2, -0.15) is 0 Å². The van der Waals surface area contributed by atoms with Crippen LogP contribution in [0.5, 0.6) is 5.75 Å². The molecular formula is C20H29F2N5O. The normalized spacial score (nSPS) is 30.2. The van der Waals surface area contributed by atoms with Gasteiger partial charge in [0.15, 0.2) is 5.82 Å². The minimum absolute atomic E-state index is 0.136. The zero-order chi connectivity index (χ0) is 19.7. The van der Waals surface area contributed by atoms with Gasteiger partial charge in [-0.25, -0.2) is 8.78 Å². The third-order valence-corrected chi connectivity index (χ3v) is 5.59. The highest BCUT2D eigenvalue weighted by Gasteiger charge is 2.30. The summed E-state index contributed by atoms with van der Waals surface area (Å²) < 4.78 is 35.5. The van der Waals surface area contributed by atoms with E-state index in [1.54, 1.807) is 0 Å². The highest BCUT2D eigenvalue weighted by molar-refractivity contribution is 5.77. The van der Waals surface area contributed by atoms with E-state index >= 15 is 4.39 Å². The van der Waals surface area contributed by atoms with Crippen LogP contribution in [0.1, 0.15) is 30.9 Å². The van der Waals surface area contributed by atoms with Crippen molar-refractivity contribution in [2.75, 3.05) is 32.1 Å². The fraction of sp³-hybridized carbons (Fsp3) is 0.600. The second kappa shape index (κ2) is 8.32. The summed E-state index contributed by atoms with van der Waals surface area (Å²) in [6, 6.07) is 2.10. The van der Waals surface area contributed by atoms with E-state index in [0.29, 0.717) is 35.7 Å². The van der Waals surface area contributed by atoms with Crippen LogP contribution in [0.4, 0.5) is 14.5 Å². The molecule has 1 saturated heterocycles. The van der Waals surface area contributed by atoms with E-state index in [2.05, 4.69) is 33.5 Å². The molecule has 28 heavy (non-hydrogen) atoms. The fourth-order valence-corrected chi connectivity index (χ4v) is 4.20. The molecule has 3 heterocycles. The Bertz CT molecular complexity index is 757. The molecule has 6 nitrogen and oxygen atoms in total. The van der Waals surface area contributed by atoms with Crippen molar-refractivity contribution in [3.05, 3.63) is 29.1 Å². The highest BCUT2D eigenvalue weighted by Crippen LogP contribution is 2.41. The van der Waals surface area contributed by atoms with Crippen LogP contribution in [-0.4, -0.2) is 51.4 Å². The zero-order valence-corrected chi connectivity index (χ0v) is 16.4. The number of benzene rings is 1. The van der Waals surface area contributed by atoms with E-state index in [4.69, 9.17) is 4.74 Å². The zero-order valence-electron chi connectivity index (χ0n) is 16.4. The maximum absolute atomic E-state index is 15.6. The van der Waals surface area contributed by atoms with Crippen molar-refractivity contribution >= 4 is 11.3 Å². The number of halogens is 2. The van der Waals surface area contributed by atoms with Crippen LogP contribution in [0.2, 0.25) is 0 Å². The predicted molar refractivity (Wildman–Crippen MR) is 107 cm³/mol. The van der Waals surface area contributed by atoms with E-state index < -0.39 is 6.17 Å². The molecule has 0 amide bonds. The van der Waals surface area contributed by atoms with Gasteiger partial charge in [-0.1, -0.05) is 6.08 Å². The minimum Gasteiger partial charge on any atom is -0.492 e. The van der Waals surface area contributed by atoms with E-state index in [-0.39, 0.29) is 37.3 Å². The third-order valence-electron chi connectivity index (χ3n) is 5.59. The van der Waals surface area contributed by atoms with Gasteiger partial charge in [0.1, 0.15) is 18.2 Å². The Hall–Kier alpha value is -1.74. The fourth-order valence-electron chi connectivity index (χ4n) is 4.20. The smallest absolute Gasteiger partial charge is 0.157 e. The van der Waals surface area contributed by atoms with Gasteiger partial charge in [-0.15, -0.1) is 0 Å². The van der Waals surface area contributed by atoms with Gasteiger partial charge < -0.3 is 20.7 Å². The summed E-state index contributed by atoms with van der Waals surface area (Å²) in [5.41, 5.74) is 2.43. The molecular weight excluding hydrogens is 364 g/mol. The molecule has 154 valence electrons. The van der Waals surface area contributed by atoms with Gasteiger partial charge in [0.25, 0.3) is 0 Å². The second-order valence-electron chi connectivity index (χ2n) is 7.78. The van der Waals surface area contributed by atoms with Crippen LogP contribution in [0, 0.1) is 5.82 Å². The van der Waals surface area contributed by atoms with Crippen LogP contribution in [0.3, 0.4) is 0 Å². The van der Waals surface area contributed by atoms with Gasteiger partial charge in [0.2, 0.25) is 0 Å². The summed E-state index contributed by atoms with van der Waals surface area (Å²) in [6.45, 7) is 3.42. The van der Waals surface area contributed by atoms with Crippen LogP contribution >= 0.6 is 0 Å². The molecule has 3 aliphatic heterocycles. The summed E-state index contributed by atoms with van der Waals surface area (Å²) in [5, 5.41) is 16.3. The second-order valence-corrected chi connectivity index (χ2v) is 7.78. The van der Waals surface area contributed by atoms with E-state index in [1.165, 1.54) is 0 Å². The van der Waals surface area contributed by atoms with Crippen molar-refractivity contribution in [1.82, 2.24) is 21.3 Å². The topological polar surface area (TPSA) is 69.4 Å². The Kier molecular flexibility index (Phi) is 5.82. The van der Waals surface area contributed by atoms with Crippen molar-refractivity contribution in [2.24, 2.45) is 0 Å². The quantitative estimate of drug-likeness (QED) is 0.537. The molecule has 0 radical (unpaired) electrons. The summed E-state index contributed by atoms with van der Waals surface area (Å²) >= 11 is 0. The standard InChI is InChI=1S/C20H29F2N5O/c1-11-7-16(23-2)27-20(25-11)26-15-9-13-4-6-28-19(13)17(18(15)22)12-3-5-24-10-14(21)8-12/h3,9,11,14,16,20,23-27H,4-8,10H2,1-2H3/t11?,14-,16?,20?/m0/s1. The van der Waals surface area contributed by atoms with E-state index in [1.807, 2.05) is 19.2 Å². The minimum atomic E-state index is -1.04. The van der Waals surface area contributed by atoms with Gasteiger partial charge in [0, 0.05) is 37.5 Å². The molecule has 0 aliphatic carbocycles. The van der Waals surface area contributed by atoms with Crippen molar-refractivity contribution in [1.29, 1.82) is 0 Å². The molecule has 4 rings (SSSR count). The molecule has 0 spiro atoms. The Morgan fingerprint density at radius 1 is 1.29 bits per heavy atom. The lowest BCUT2D eigenvalue weighted by molar-refractivity contribution is 0.249. The van der Waals surface area contributed by atoms with Crippen molar-refractivity contribution in [2.45, 2.75) is 50.9 Å². The largest absolute Gasteiger partial charge is 0.492 e. The first kappa shape index (κ1) is 19.6. The molecule has 1 aromatic carbocycles. The predicted octanol–water partition coefficient (Wildman–Crippen LogP) is 1.69. The SMILES string of the molecule is CNC1CC(C)NC(Nc2cc3c(c(C4=CCNC[C@@H](F)C4)c2F)OCC3)N1. The van der Waals surface area contributed by atoms with Crippen LogP contribution < -0.4 is 31.3 Å². The number of alkyl halides is 1. The lowest BCUT2D eigenvalue weighted by Gasteiger charge is -2.37. The number of rotatable bonds is 4. The van der Waals surface area contributed by atoms with E-state index in [9.17, 15) is 4.39 Å². The number of allylic oxidation sites excluding steroid dienone is 1. The Labute approximate surface area is 164 Å². The van der Waals surface area contributed by atoms with Gasteiger partial charge in [-0.05, 0) is 32.0 Å². The number of hydrogen-bond acceptors (Lipinski definition) is 6. The highest BCUT2D eigenvalue weighted by atomic mass is 19.1. The molecule has 0 bridgehead atoms. The average molecular weight is 393 g/mol. The van der Waals surface area contributed by atoms with Crippen LogP contribution in [0.15, 0.2) is 12.1 Å². The monoisotopic (exact) mass is 393 g/mol. The molecule has 5 N–H and O–H groups in total. The first-order valence-electron chi connectivity index (χ1n) is 10.0. The average Bonchev–Trinajstić information content (AvgIpc) is 3.01. The molecule has 0 saturated carbocycles. The van der Waals surface area contributed by atoms with Crippen molar-refractivity contribution in [3.63, 3.8) is 0 Å². The first-order chi connectivity index (χ1) is 13.5. The van der Waals surface area contributed by atoms with Gasteiger partial charge in [0.05, 0.1) is 24.0 Å². The number of hydrogen-bond donors (Lipinski definition) is 5. The molecule has 4 atom stereocenters. The van der Waals surface area contributed by atoms with Crippen molar-refractivity contribution in [3.8, 4) is 5.75 Å². The summed E-state index contributed by atoms with van der Waals surface area (Å²) in [6.07, 6.45) is 2.53. The molecule has 0 aromatic heterocycles. The molecule has 3 aliphatic rings. The van der Waals surface area contributed by atoms with E-state index in [0.717, 1.165) is 18.4 Å². The summed E-state index contributed by atoms with van der Waals surface area (Å²) in [4.78, 5) is 0. The number of anilines is 1. The Morgan fingerprint density at radius 3 is 2.96 bits per heavy atom. The number of ether oxygens (including phenoxy) is 1. The Morgan fingerprint density at radius 2 is 2.14 bits per heavy atom. The van der Waals surface area contributed by atoms with Crippen LogP contribution in [0.25, 0.3) is 5.57 Å². The van der Waals surface area contributed by atoms with Crippen molar-refractivity contribution < 1.29 is 13.5 Å². The van der Waals surface area contributed by atoms with Crippen LogP contribution in [-0.2, 0) is 6.42 Å². The van der Waals surface area contributed by atoms with Gasteiger partial charge >= 0.3 is 0 Å². The number of fused-ring (bicyclic) bond motifs is 1. The molecule has 3 unspecified atom stereocenters.